The van der Waals surface area contributed by atoms with Crippen LogP contribution >= 0.6 is 0 Å². The fraction of sp³-hybridized carbons (Fsp3) is 0.769. The summed E-state index contributed by atoms with van der Waals surface area (Å²) in [5, 5.41) is 2.67. The van der Waals surface area contributed by atoms with E-state index in [0.29, 0.717) is 13.0 Å². The van der Waals surface area contributed by atoms with Gasteiger partial charge in [-0.05, 0) is 12.8 Å². The second-order valence-corrected chi connectivity index (χ2v) is 5.71. The quantitative estimate of drug-likeness (QED) is 0.246. The van der Waals surface area contributed by atoms with Gasteiger partial charge in [0.15, 0.2) is 17.7 Å². The lowest BCUT2D eigenvalue weighted by atomic mass is 10.3. The molecule has 0 saturated carbocycles. The van der Waals surface area contributed by atoms with E-state index in [9.17, 15) is 4.79 Å². The van der Waals surface area contributed by atoms with E-state index in [4.69, 9.17) is 11.5 Å². The van der Waals surface area contributed by atoms with E-state index in [1.807, 2.05) is 0 Å². The number of nitrogens with zero attached hydrogens (tertiary/aromatic N) is 3. The molecule has 0 fully saturated rings. The van der Waals surface area contributed by atoms with Crippen molar-refractivity contribution in [3.8, 4) is 0 Å². The molecule has 0 heterocycles. The van der Waals surface area contributed by atoms with Gasteiger partial charge in [-0.2, -0.15) is 0 Å². The average Bonchev–Trinajstić information content (AvgIpc) is 2.34. The molecule has 0 bridgehead atoms. The van der Waals surface area contributed by atoms with Crippen LogP contribution in [0.1, 0.15) is 26.2 Å². The van der Waals surface area contributed by atoms with Gasteiger partial charge in [-0.3, -0.25) is 15.1 Å². The molecule has 0 atom stereocenters. The number of carbonyl (C=O) groups is 1. The number of nitrogens with one attached hydrogen (secondary N) is 1. The molecule has 7 heteroatoms. The Kier molecular flexibility index (Phi) is 8.54. The second-order valence-electron chi connectivity index (χ2n) is 5.71. The fourth-order valence-corrected chi connectivity index (χ4v) is 1.39. The summed E-state index contributed by atoms with van der Waals surface area (Å²) in [6.45, 7) is 3.62. The summed E-state index contributed by atoms with van der Waals surface area (Å²) in [6, 6.07) is 0. The van der Waals surface area contributed by atoms with Crippen molar-refractivity contribution in [1.82, 2.24) is 5.32 Å². The van der Waals surface area contributed by atoms with Crippen LogP contribution in [0.15, 0.2) is 9.98 Å². The number of rotatable bonds is 8. The maximum absolute atomic E-state index is 11.1. The molecule has 0 aliphatic heterocycles. The molecule has 0 amide bonds. The highest BCUT2D eigenvalue weighted by Gasteiger charge is 2.05. The summed E-state index contributed by atoms with van der Waals surface area (Å²) in [7, 11) is 6.48. The summed E-state index contributed by atoms with van der Waals surface area (Å²) in [5.41, 5.74) is 11.3. The van der Waals surface area contributed by atoms with Crippen molar-refractivity contribution in [3.05, 3.63) is 0 Å². The minimum atomic E-state index is 0.0329. The van der Waals surface area contributed by atoms with E-state index in [-0.39, 0.29) is 24.2 Å². The highest BCUT2D eigenvalue weighted by Crippen LogP contribution is 1.97. The third kappa shape index (κ3) is 11.5. The SMILES string of the molecule is CCC(=O)CN=C(N)NC(N)=NCCCC[N+](C)(C)C. The average molecular weight is 285 g/mol. The van der Waals surface area contributed by atoms with Crippen molar-refractivity contribution in [2.75, 3.05) is 40.8 Å². The largest absolute Gasteiger partial charge is 0.370 e. The van der Waals surface area contributed by atoms with Gasteiger partial charge in [0, 0.05) is 13.0 Å². The second kappa shape index (κ2) is 9.30. The van der Waals surface area contributed by atoms with Crippen molar-refractivity contribution in [2.24, 2.45) is 21.5 Å². The number of ketones is 1. The molecule has 7 nitrogen and oxygen atoms in total. The summed E-state index contributed by atoms with van der Waals surface area (Å²) in [5.74, 6) is 0.394. The van der Waals surface area contributed by atoms with Gasteiger partial charge in [-0.15, -0.1) is 0 Å². The number of carbonyl (C=O) groups excluding carboxylic acids is 1. The van der Waals surface area contributed by atoms with Crippen molar-refractivity contribution >= 4 is 17.7 Å². The van der Waals surface area contributed by atoms with E-state index < -0.39 is 0 Å². The highest BCUT2D eigenvalue weighted by molar-refractivity contribution is 5.97. The van der Waals surface area contributed by atoms with E-state index >= 15 is 0 Å². The van der Waals surface area contributed by atoms with Crippen molar-refractivity contribution in [1.29, 1.82) is 0 Å². The number of nitrogens with two attached hydrogens (primary N) is 2. The van der Waals surface area contributed by atoms with Gasteiger partial charge >= 0.3 is 0 Å². The lowest BCUT2D eigenvalue weighted by Gasteiger charge is -2.23. The van der Waals surface area contributed by atoms with Gasteiger partial charge < -0.3 is 16.0 Å². The number of aliphatic imine (C=N–C) groups is 2. The molecule has 0 rings (SSSR count). The van der Waals surface area contributed by atoms with Gasteiger partial charge in [0.2, 0.25) is 0 Å². The van der Waals surface area contributed by atoms with Crippen molar-refractivity contribution in [2.45, 2.75) is 26.2 Å². The van der Waals surface area contributed by atoms with E-state index in [1.165, 1.54) is 0 Å². The molecule has 0 aromatic rings. The normalized spacial score (nSPS) is 13.4. The number of quaternary nitrogens is 1. The third-order valence-electron chi connectivity index (χ3n) is 2.60. The van der Waals surface area contributed by atoms with Crippen LogP contribution in [0.2, 0.25) is 0 Å². The molecule has 116 valence electrons. The zero-order valence-corrected chi connectivity index (χ0v) is 13.1. The summed E-state index contributed by atoms with van der Waals surface area (Å²) >= 11 is 0. The predicted molar refractivity (Wildman–Crippen MR) is 83.5 cm³/mol. The standard InChI is InChI=1S/C13H29N6O/c1-5-11(20)10-17-13(15)18-12(14)16-8-6-7-9-19(2,3)4/h5-10H2,1-4H3,(H5,14,15,16,17,18)/q+1. The van der Waals surface area contributed by atoms with Crippen LogP contribution in [-0.4, -0.2) is 63.0 Å². The zero-order valence-electron chi connectivity index (χ0n) is 13.1. The molecule has 0 saturated heterocycles. The van der Waals surface area contributed by atoms with Gasteiger partial charge in [0.05, 0.1) is 27.7 Å². The van der Waals surface area contributed by atoms with E-state index in [1.54, 1.807) is 6.92 Å². The van der Waals surface area contributed by atoms with Gasteiger partial charge in [0.1, 0.15) is 6.54 Å². The fourth-order valence-electron chi connectivity index (χ4n) is 1.39. The van der Waals surface area contributed by atoms with Gasteiger partial charge in [-0.25, -0.2) is 4.99 Å². The predicted octanol–water partition coefficient (Wildman–Crippen LogP) is -0.329. The highest BCUT2D eigenvalue weighted by atomic mass is 16.1. The van der Waals surface area contributed by atoms with Crippen LogP contribution in [0.25, 0.3) is 0 Å². The first kappa shape index (κ1) is 18.4. The molecular weight excluding hydrogens is 256 g/mol. The topological polar surface area (TPSA) is 106 Å². The van der Waals surface area contributed by atoms with Crippen molar-refractivity contribution < 1.29 is 9.28 Å². The molecule has 20 heavy (non-hydrogen) atoms. The Hall–Kier alpha value is -1.63. The molecular formula is C13H29N6O+. The van der Waals surface area contributed by atoms with E-state index in [2.05, 4.69) is 36.4 Å². The number of hydrogen-bond donors (Lipinski definition) is 3. The zero-order chi connectivity index (χ0) is 15.6. The number of Topliss-reactive ketones (excluding diaryl/α,β-unsaturated/α-hetero) is 1. The minimum absolute atomic E-state index is 0.0329. The van der Waals surface area contributed by atoms with Crippen LogP contribution < -0.4 is 16.8 Å². The summed E-state index contributed by atoms with van der Waals surface area (Å²) in [4.78, 5) is 19.1. The summed E-state index contributed by atoms with van der Waals surface area (Å²) in [6.07, 6.45) is 2.52. The van der Waals surface area contributed by atoms with Crippen molar-refractivity contribution in [3.63, 3.8) is 0 Å². The number of guanidine groups is 2. The molecule has 0 aliphatic rings. The van der Waals surface area contributed by atoms with Crippen LogP contribution in [0, 0.1) is 0 Å². The maximum Gasteiger partial charge on any atom is 0.195 e. The Balaban J connectivity index is 3.93. The Morgan fingerprint density at radius 1 is 1.10 bits per heavy atom. The first-order valence-corrected chi connectivity index (χ1v) is 6.93. The van der Waals surface area contributed by atoms with Crippen LogP contribution in [0.4, 0.5) is 0 Å². The van der Waals surface area contributed by atoms with Gasteiger partial charge in [-0.1, -0.05) is 6.92 Å². The molecule has 0 aromatic heterocycles. The Bertz CT molecular complexity index is 356. The first-order valence-electron chi connectivity index (χ1n) is 6.93. The number of hydrogen-bond acceptors (Lipinski definition) is 3. The lowest BCUT2D eigenvalue weighted by molar-refractivity contribution is -0.870. The Labute approximate surface area is 121 Å². The molecule has 0 aromatic carbocycles. The molecule has 0 radical (unpaired) electrons. The molecule has 5 N–H and O–H groups in total. The number of unbranched alkanes of at least 4 members (excludes halogenated alkanes) is 1. The molecule has 0 unspecified atom stereocenters. The van der Waals surface area contributed by atoms with Crippen LogP contribution in [0.3, 0.4) is 0 Å². The smallest absolute Gasteiger partial charge is 0.195 e. The molecule has 0 aliphatic carbocycles. The lowest BCUT2D eigenvalue weighted by Crippen LogP contribution is -2.42. The first-order chi connectivity index (χ1) is 9.24. The van der Waals surface area contributed by atoms with Gasteiger partial charge in [0.25, 0.3) is 0 Å². The minimum Gasteiger partial charge on any atom is -0.370 e. The third-order valence-corrected chi connectivity index (χ3v) is 2.60. The van der Waals surface area contributed by atoms with E-state index in [0.717, 1.165) is 23.9 Å². The van der Waals surface area contributed by atoms with Crippen LogP contribution in [0.5, 0.6) is 0 Å². The monoisotopic (exact) mass is 285 g/mol. The summed E-state index contributed by atoms with van der Waals surface area (Å²) < 4.78 is 0.947. The Morgan fingerprint density at radius 2 is 1.70 bits per heavy atom. The maximum atomic E-state index is 11.1. The Morgan fingerprint density at radius 3 is 2.25 bits per heavy atom. The molecule has 0 spiro atoms. The van der Waals surface area contributed by atoms with Crippen LogP contribution in [-0.2, 0) is 4.79 Å².